The molecule has 9 heteroatoms. The summed E-state index contributed by atoms with van der Waals surface area (Å²) in [6.07, 6.45) is 2.29. The van der Waals surface area contributed by atoms with E-state index in [1.54, 1.807) is 32.9 Å². The van der Waals surface area contributed by atoms with Crippen LogP contribution >= 0.6 is 0 Å². The lowest BCUT2D eigenvalue weighted by Gasteiger charge is -2.36. The van der Waals surface area contributed by atoms with Crippen molar-refractivity contribution in [2.24, 2.45) is 5.92 Å². The average Bonchev–Trinajstić information content (AvgIpc) is 3.43. The van der Waals surface area contributed by atoms with E-state index in [1.165, 1.54) is 23.1 Å². The van der Waals surface area contributed by atoms with Crippen LogP contribution in [0.4, 0.5) is 18.0 Å². The van der Waals surface area contributed by atoms with Crippen LogP contribution in [-0.4, -0.2) is 46.6 Å². The van der Waals surface area contributed by atoms with Crippen LogP contribution in [0.5, 0.6) is 0 Å². The molecule has 0 radical (unpaired) electrons. The predicted molar refractivity (Wildman–Crippen MR) is 138 cm³/mol. The first-order chi connectivity index (χ1) is 18.0. The maximum Gasteiger partial charge on any atom is 0.410 e. The number of carbonyl (C=O) groups excluding carboxylic acids is 2. The van der Waals surface area contributed by atoms with Crippen molar-refractivity contribution in [1.82, 2.24) is 15.2 Å². The predicted octanol–water partition coefficient (Wildman–Crippen LogP) is 6.26. The van der Waals surface area contributed by atoms with Crippen molar-refractivity contribution in [2.45, 2.75) is 64.0 Å². The summed E-state index contributed by atoms with van der Waals surface area (Å²) in [5, 5.41) is 3.47. The summed E-state index contributed by atoms with van der Waals surface area (Å²) in [4.78, 5) is 30.0. The number of halogens is 3. The van der Waals surface area contributed by atoms with Crippen molar-refractivity contribution in [1.29, 1.82) is 0 Å². The molecular formula is C29H32F3N3O3. The molecule has 1 aliphatic carbocycles. The lowest BCUT2D eigenvalue weighted by Crippen LogP contribution is -2.49. The van der Waals surface area contributed by atoms with Crippen molar-refractivity contribution < 1.29 is 27.5 Å². The molecule has 5 rings (SSSR count). The van der Waals surface area contributed by atoms with E-state index in [4.69, 9.17) is 4.74 Å². The molecule has 0 unspecified atom stereocenters. The van der Waals surface area contributed by atoms with Gasteiger partial charge in [-0.05, 0) is 99.7 Å². The fourth-order valence-electron chi connectivity index (χ4n) is 5.59. The van der Waals surface area contributed by atoms with Gasteiger partial charge in [0, 0.05) is 24.5 Å². The zero-order valence-electron chi connectivity index (χ0n) is 21.7. The highest BCUT2D eigenvalue weighted by atomic mass is 19.1. The van der Waals surface area contributed by atoms with Crippen molar-refractivity contribution in [2.75, 3.05) is 13.1 Å². The van der Waals surface area contributed by atoms with Crippen LogP contribution in [0.2, 0.25) is 0 Å². The molecule has 202 valence electrons. The zero-order chi connectivity index (χ0) is 27.2. The maximum absolute atomic E-state index is 14.6. The first-order valence-electron chi connectivity index (χ1n) is 13.0. The molecule has 1 saturated heterocycles. The molecule has 1 atom stereocenters. The molecule has 2 aliphatic rings. The van der Waals surface area contributed by atoms with Gasteiger partial charge in [0.1, 0.15) is 29.1 Å². The smallest absolute Gasteiger partial charge is 0.410 e. The van der Waals surface area contributed by atoms with Crippen LogP contribution in [0, 0.1) is 23.4 Å². The Balaban J connectivity index is 1.27. The SMILES string of the molecule is CC(C)(C)OC(=O)N1CCC[C@@H]1C(=O)NCC1CC(c2c(-c3ccc(F)cc3)[nH]c3c(F)cc(F)cc23)C1. The molecule has 0 spiro atoms. The first-order valence-corrected chi connectivity index (χ1v) is 13.0. The number of aromatic amines is 1. The van der Waals surface area contributed by atoms with Crippen molar-refractivity contribution >= 4 is 22.9 Å². The molecule has 1 saturated carbocycles. The van der Waals surface area contributed by atoms with Gasteiger partial charge in [-0.2, -0.15) is 0 Å². The van der Waals surface area contributed by atoms with Gasteiger partial charge in [0.15, 0.2) is 0 Å². The van der Waals surface area contributed by atoms with E-state index in [9.17, 15) is 22.8 Å². The summed E-state index contributed by atoms with van der Waals surface area (Å²) < 4.78 is 47.7. The minimum Gasteiger partial charge on any atom is -0.444 e. The first kappa shape index (κ1) is 26.1. The van der Waals surface area contributed by atoms with E-state index < -0.39 is 29.4 Å². The van der Waals surface area contributed by atoms with E-state index >= 15 is 0 Å². The quantitative estimate of drug-likeness (QED) is 0.411. The van der Waals surface area contributed by atoms with Gasteiger partial charge in [-0.1, -0.05) is 0 Å². The largest absolute Gasteiger partial charge is 0.444 e. The fourth-order valence-corrected chi connectivity index (χ4v) is 5.59. The number of nitrogens with one attached hydrogen (secondary N) is 2. The number of amides is 2. The van der Waals surface area contributed by atoms with Gasteiger partial charge >= 0.3 is 6.09 Å². The molecular weight excluding hydrogens is 495 g/mol. The van der Waals surface area contributed by atoms with Crippen LogP contribution in [0.25, 0.3) is 22.2 Å². The number of carbonyl (C=O) groups is 2. The molecule has 1 aromatic heterocycles. The molecule has 1 aliphatic heterocycles. The van der Waals surface area contributed by atoms with Gasteiger partial charge in [0.05, 0.1) is 11.2 Å². The van der Waals surface area contributed by atoms with Crippen molar-refractivity contribution in [3.05, 3.63) is 59.4 Å². The van der Waals surface area contributed by atoms with Gasteiger partial charge < -0.3 is 15.0 Å². The Kier molecular flexibility index (Phi) is 6.88. The number of benzene rings is 2. The molecule has 6 nitrogen and oxygen atoms in total. The number of H-pyrrole nitrogens is 1. The van der Waals surface area contributed by atoms with Crippen LogP contribution < -0.4 is 5.32 Å². The van der Waals surface area contributed by atoms with E-state index in [2.05, 4.69) is 10.3 Å². The second kappa shape index (κ2) is 10.0. The number of hydrogen-bond donors (Lipinski definition) is 2. The lowest BCUT2D eigenvalue weighted by molar-refractivity contribution is -0.125. The molecule has 2 fully saturated rings. The van der Waals surface area contributed by atoms with Crippen molar-refractivity contribution in [3.63, 3.8) is 0 Å². The fraction of sp³-hybridized carbons (Fsp3) is 0.448. The van der Waals surface area contributed by atoms with Gasteiger partial charge in [-0.25, -0.2) is 18.0 Å². The Morgan fingerprint density at radius 3 is 2.47 bits per heavy atom. The second-order valence-electron chi connectivity index (χ2n) is 11.3. The third-order valence-electron chi connectivity index (χ3n) is 7.39. The molecule has 2 heterocycles. The topological polar surface area (TPSA) is 74.4 Å². The van der Waals surface area contributed by atoms with Gasteiger partial charge in [-0.3, -0.25) is 9.69 Å². The Labute approximate surface area is 219 Å². The summed E-state index contributed by atoms with van der Waals surface area (Å²) in [6.45, 7) is 6.31. The van der Waals surface area contributed by atoms with Gasteiger partial charge in [0.25, 0.3) is 0 Å². The molecule has 3 aromatic rings. The van der Waals surface area contributed by atoms with Crippen LogP contribution in [0.1, 0.15) is 57.9 Å². The summed E-state index contributed by atoms with van der Waals surface area (Å²) in [6, 6.07) is 7.54. The summed E-state index contributed by atoms with van der Waals surface area (Å²) in [5.41, 5.74) is 1.73. The third-order valence-corrected chi connectivity index (χ3v) is 7.39. The minimum absolute atomic E-state index is 0.0247. The standard InChI is InChI=1S/C29H32F3N3O3/c1-29(2,3)38-28(37)35-10-4-5-23(35)27(36)33-15-16-11-18(12-16)24-21-13-20(31)14-22(32)26(21)34-25(24)17-6-8-19(30)9-7-17/h6-9,13-14,16,18,23,34H,4-5,10-12,15H2,1-3H3,(H,33,36)/t16?,18?,23-/m1/s1. The molecule has 0 bridgehead atoms. The van der Waals surface area contributed by atoms with Crippen molar-refractivity contribution in [3.8, 4) is 11.3 Å². The summed E-state index contributed by atoms with van der Waals surface area (Å²) in [7, 11) is 0. The van der Waals surface area contributed by atoms with E-state index in [0.717, 1.165) is 30.9 Å². The summed E-state index contributed by atoms with van der Waals surface area (Å²) >= 11 is 0. The number of nitrogens with zero attached hydrogens (tertiary/aromatic N) is 1. The lowest BCUT2D eigenvalue weighted by atomic mass is 9.70. The molecule has 2 N–H and O–H groups in total. The van der Waals surface area contributed by atoms with Crippen LogP contribution in [0.3, 0.4) is 0 Å². The molecule has 2 amide bonds. The normalized spacial score (nSPS) is 21.4. The minimum atomic E-state index is -0.677. The number of hydrogen-bond acceptors (Lipinski definition) is 3. The molecule has 2 aromatic carbocycles. The Bertz CT molecular complexity index is 1360. The Morgan fingerprint density at radius 1 is 1.08 bits per heavy atom. The van der Waals surface area contributed by atoms with Gasteiger partial charge in [0.2, 0.25) is 5.91 Å². The highest BCUT2D eigenvalue weighted by Crippen LogP contribution is 2.48. The number of ether oxygens (including phenoxy) is 1. The summed E-state index contributed by atoms with van der Waals surface area (Å²) in [5.74, 6) is -1.70. The molecule has 38 heavy (non-hydrogen) atoms. The third kappa shape index (κ3) is 5.24. The number of rotatable bonds is 5. The van der Waals surface area contributed by atoms with E-state index in [-0.39, 0.29) is 29.1 Å². The Morgan fingerprint density at radius 2 is 1.79 bits per heavy atom. The van der Waals surface area contributed by atoms with Gasteiger partial charge in [-0.15, -0.1) is 0 Å². The Hall–Kier alpha value is -3.49. The monoisotopic (exact) mass is 527 g/mol. The van der Waals surface area contributed by atoms with E-state index in [0.29, 0.717) is 36.2 Å². The second-order valence-corrected chi connectivity index (χ2v) is 11.3. The maximum atomic E-state index is 14.6. The zero-order valence-corrected chi connectivity index (χ0v) is 21.7. The highest BCUT2D eigenvalue weighted by Gasteiger charge is 2.38. The number of fused-ring (bicyclic) bond motifs is 1. The highest BCUT2D eigenvalue weighted by molar-refractivity contribution is 5.92. The number of likely N-dealkylation sites (tertiary alicyclic amines) is 1. The van der Waals surface area contributed by atoms with Crippen LogP contribution in [0.15, 0.2) is 36.4 Å². The average molecular weight is 528 g/mol. The number of aromatic nitrogens is 1. The van der Waals surface area contributed by atoms with E-state index in [1.807, 2.05) is 0 Å². The van der Waals surface area contributed by atoms with Crippen LogP contribution in [-0.2, 0) is 9.53 Å².